The number of hydrogen-bond acceptors (Lipinski definition) is 2. The van der Waals surface area contributed by atoms with Gasteiger partial charge in [0.15, 0.2) is 0 Å². The molecule has 1 N–H and O–H groups in total. The van der Waals surface area contributed by atoms with E-state index in [2.05, 4.69) is 5.32 Å². The summed E-state index contributed by atoms with van der Waals surface area (Å²) >= 11 is 7.66. The Hall–Kier alpha value is -0.740. The summed E-state index contributed by atoms with van der Waals surface area (Å²) in [6, 6.07) is 4.25. The van der Waals surface area contributed by atoms with Crippen molar-refractivity contribution in [2.75, 3.05) is 12.3 Å². The van der Waals surface area contributed by atoms with Crippen LogP contribution < -0.4 is 5.32 Å². The number of carbonyl (C=O) groups excluding carboxylic acids is 1. The molecule has 0 spiro atoms. The van der Waals surface area contributed by atoms with Gasteiger partial charge >= 0.3 is 0 Å². The van der Waals surface area contributed by atoms with Gasteiger partial charge in [0.2, 0.25) is 0 Å². The minimum atomic E-state index is -0.575. The zero-order chi connectivity index (χ0) is 12.3. The Balaban J connectivity index is 1.99. The molecule has 1 aliphatic rings. The molecule has 1 amide bonds. The molecule has 0 bridgehead atoms. The molecule has 2 nitrogen and oxygen atoms in total. The zero-order valence-electron chi connectivity index (χ0n) is 9.21. The number of rotatable bonds is 3. The Kier molecular flexibility index (Phi) is 4.29. The summed E-state index contributed by atoms with van der Waals surface area (Å²) in [6.45, 7) is 0.578. The third-order valence-corrected chi connectivity index (χ3v) is 4.42. The molecule has 17 heavy (non-hydrogen) atoms. The second-order valence-corrected chi connectivity index (χ2v) is 5.76. The standard InChI is InChI=1S/C12H13ClFNOS/c13-9-4-1-5-10(14)11(9)12(16)15-7-8-3-2-6-17-8/h1,4-5,8H,2-3,6-7H2,(H,15,16). The fourth-order valence-corrected chi connectivity index (χ4v) is 3.26. The lowest BCUT2D eigenvalue weighted by molar-refractivity contribution is 0.0950. The first kappa shape index (κ1) is 12.7. The molecule has 0 aliphatic carbocycles. The molecule has 1 saturated heterocycles. The van der Waals surface area contributed by atoms with Crippen molar-refractivity contribution in [3.05, 3.63) is 34.6 Å². The van der Waals surface area contributed by atoms with E-state index in [1.807, 2.05) is 11.8 Å². The predicted octanol–water partition coefficient (Wildman–Crippen LogP) is 3.10. The second-order valence-electron chi connectivity index (χ2n) is 3.94. The maximum absolute atomic E-state index is 13.5. The Morgan fingerprint density at radius 1 is 1.59 bits per heavy atom. The van der Waals surface area contributed by atoms with Crippen molar-refractivity contribution in [1.82, 2.24) is 5.32 Å². The van der Waals surface area contributed by atoms with E-state index in [9.17, 15) is 9.18 Å². The zero-order valence-corrected chi connectivity index (χ0v) is 10.8. The molecular formula is C12H13ClFNOS. The summed E-state index contributed by atoms with van der Waals surface area (Å²) < 4.78 is 13.5. The van der Waals surface area contributed by atoms with Gasteiger partial charge in [-0.1, -0.05) is 17.7 Å². The lowest BCUT2D eigenvalue weighted by Crippen LogP contribution is -2.30. The number of halogens is 2. The second kappa shape index (κ2) is 5.74. The van der Waals surface area contributed by atoms with Crippen LogP contribution in [0.5, 0.6) is 0 Å². The Morgan fingerprint density at radius 3 is 3.06 bits per heavy atom. The average molecular weight is 274 g/mol. The third kappa shape index (κ3) is 3.13. The Morgan fingerprint density at radius 2 is 2.41 bits per heavy atom. The van der Waals surface area contributed by atoms with Crippen LogP contribution in [0.2, 0.25) is 5.02 Å². The highest BCUT2D eigenvalue weighted by Crippen LogP contribution is 2.25. The molecule has 1 fully saturated rings. The summed E-state index contributed by atoms with van der Waals surface area (Å²) in [4.78, 5) is 11.8. The van der Waals surface area contributed by atoms with Crippen LogP contribution in [0, 0.1) is 5.82 Å². The first-order valence-electron chi connectivity index (χ1n) is 5.52. The summed E-state index contributed by atoms with van der Waals surface area (Å²) in [5.74, 6) is 0.135. The maximum Gasteiger partial charge on any atom is 0.255 e. The lowest BCUT2D eigenvalue weighted by Gasteiger charge is -2.11. The molecule has 1 heterocycles. The molecule has 0 saturated carbocycles. The number of hydrogen-bond donors (Lipinski definition) is 1. The normalized spacial score (nSPS) is 19.3. The van der Waals surface area contributed by atoms with Crippen LogP contribution in [0.1, 0.15) is 23.2 Å². The fourth-order valence-electron chi connectivity index (χ4n) is 1.81. The number of carbonyl (C=O) groups is 1. The van der Waals surface area contributed by atoms with E-state index in [-0.39, 0.29) is 10.6 Å². The molecule has 1 unspecified atom stereocenters. The van der Waals surface area contributed by atoms with E-state index < -0.39 is 11.7 Å². The van der Waals surface area contributed by atoms with E-state index in [0.717, 1.165) is 12.2 Å². The van der Waals surface area contributed by atoms with Crippen LogP contribution in [0.15, 0.2) is 18.2 Å². The van der Waals surface area contributed by atoms with Gasteiger partial charge in [0.1, 0.15) is 5.82 Å². The molecule has 1 aromatic rings. The lowest BCUT2D eigenvalue weighted by atomic mass is 10.2. The van der Waals surface area contributed by atoms with Gasteiger partial charge in [-0.05, 0) is 30.7 Å². The van der Waals surface area contributed by atoms with Gasteiger partial charge in [-0.25, -0.2) is 4.39 Å². The van der Waals surface area contributed by atoms with Crippen molar-refractivity contribution in [3.8, 4) is 0 Å². The van der Waals surface area contributed by atoms with E-state index >= 15 is 0 Å². The Labute approximate surface area is 109 Å². The molecule has 1 aromatic carbocycles. The largest absolute Gasteiger partial charge is 0.351 e. The molecule has 0 radical (unpaired) electrons. The topological polar surface area (TPSA) is 29.1 Å². The predicted molar refractivity (Wildman–Crippen MR) is 69.2 cm³/mol. The van der Waals surface area contributed by atoms with E-state index in [0.29, 0.717) is 11.8 Å². The molecule has 1 atom stereocenters. The maximum atomic E-state index is 13.5. The van der Waals surface area contributed by atoms with Crippen molar-refractivity contribution < 1.29 is 9.18 Å². The molecule has 5 heteroatoms. The third-order valence-electron chi connectivity index (χ3n) is 2.70. The smallest absolute Gasteiger partial charge is 0.255 e. The number of nitrogens with one attached hydrogen (secondary N) is 1. The average Bonchev–Trinajstić information content (AvgIpc) is 2.79. The molecular weight excluding hydrogens is 261 g/mol. The van der Waals surface area contributed by atoms with Crippen LogP contribution in [-0.2, 0) is 0 Å². The quantitative estimate of drug-likeness (QED) is 0.917. The molecule has 0 aromatic heterocycles. The van der Waals surface area contributed by atoms with Crippen molar-refractivity contribution in [3.63, 3.8) is 0 Å². The van der Waals surface area contributed by atoms with Crippen LogP contribution in [0.3, 0.4) is 0 Å². The van der Waals surface area contributed by atoms with Crippen LogP contribution in [0.25, 0.3) is 0 Å². The van der Waals surface area contributed by atoms with Gasteiger partial charge in [-0.15, -0.1) is 0 Å². The minimum absolute atomic E-state index is 0.0582. The van der Waals surface area contributed by atoms with Crippen LogP contribution >= 0.6 is 23.4 Å². The highest BCUT2D eigenvalue weighted by Gasteiger charge is 2.19. The fraction of sp³-hybridized carbons (Fsp3) is 0.417. The highest BCUT2D eigenvalue weighted by atomic mass is 35.5. The van der Waals surface area contributed by atoms with Crippen molar-refractivity contribution in [1.29, 1.82) is 0 Å². The number of thioether (sulfide) groups is 1. The van der Waals surface area contributed by atoms with Gasteiger partial charge in [0.25, 0.3) is 5.91 Å². The van der Waals surface area contributed by atoms with Gasteiger partial charge in [0.05, 0.1) is 10.6 Å². The summed E-state index contributed by atoms with van der Waals surface area (Å²) in [5, 5.41) is 3.34. The van der Waals surface area contributed by atoms with Crippen molar-refractivity contribution in [2.24, 2.45) is 0 Å². The summed E-state index contributed by atoms with van der Waals surface area (Å²) in [5.41, 5.74) is -0.0582. The van der Waals surface area contributed by atoms with Crippen molar-refractivity contribution >= 4 is 29.3 Å². The minimum Gasteiger partial charge on any atom is -0.351 e. The van der Waals surface area contributed by atoms with E-state index in [1.165, 1.54) is 24.6 Å². The first-order valence-corrected chi connectivity index (χ1v) is 6.95. The molecule has 2 rings (SSSR count). The number of benzene rings is 1. The molecule has 92 valence electrons. The van der Waals surface area contributed by atoms with Gasteiger partial charge in [-0.2, -0.15) is 11.8 Å². The van der Waals surface area contributed by atoms with Gasteiger partial charge in [-0.3, -0.25) is 4.79 Å². The van der Waals surface area contributed by atoms with E-state index in [4.69, 9.17) is 11.6 Å². The van der Waals surface area contributed by atoms with Crippen LogP contribution in [0.4, 0.5) is 4.39 Å². The number of amides is 1. The SMILES string of the molecule is O=C(NCC1CCCS1)c1c(F)cccc1Cl. The Bertz CT molecular complexity index is 401. The summed E-state index contributed by atoms with van der Waals surface area (Å²) in [7, 11) is 0. The van der Waals surface area contributed by atoms with Gasteiger partial charge in [0, 0.05) is 11.8 Å². The van der Waals surface area contributed by atoms with Crippen molar-refractivity contribution in [2.45, 2.75) is 18.1 Å². The van der Waals surface area contributed by atoms with Crippen LogP contribution in [-0.4, -0.2) is 23.5 Å². The van der Waals surface area contributed by atoms with E-state index in [1.54, 1.807) is 0 Å². The van der Waals surface area contributed by atoms with Gasteiger partial charge < -0.3 is 5.32 Å². The first-order chi connectivity index (χ1) is 8.18. The summed E-state index contributed by atoms with van der Waals surface area (Å²) in [6.07, 6.45) is 2.29. The highest BCUT2D eigenvalue weighted by molar-refractivity contribution is 8.00. The molecule has 1 aliphatic heterocycles. The monoisotopic (exact) mass is 273 g/mol.